The first-order chi connectivity index (χ1) is 8.60. The molecule has 2 aromatic rings. The predicted octanol–water partition coefficient (Wildman–Crippen LogP) is 2.59. The van der Waals surface area contributed by atoms with Crippen LogP contribution in [0.25, 0.3) is 0 Å². The Hall–Kier alpha value is -0.950. The highest BCUT2D eigenvalue weighted by atomic mass is 35.5. The van der Waals surface area contributed by atoms with E-state index in [1.165, 1.54) is 22.7 Å². The molecule has 0 aromatic carbocycles. The number of hydrogen-bond acceptors (Lipinski definition) is 5. The van der Waals surface area contributed by atoms with E-state index in [2.05, 4.69) is 4.98 Å². The molecule has 0 saturated heterocycles. The number of hydrogen-bond donors (Lipinski definition) is 1. The van der Waals surface area contributed by atoms with E-state index in [-0.39, 0.29) is 5.91 Å². The molecule has 2 heterocycles. The fourth-order valence-electron chi connectivity index (χ4n) is 1.44. The summed E-state index contributed by atoms with van der Waals surface area (Å²) < 4.78 is 0.727. The van der Waals surface area contributed by atoms with Crippen LogP contribution in [0.2, 0.25) is 4.34 Å². The fourth-order valence-corrected chi connectivity index (χ4v) is 3.23. The van der Waals surface area contributed by atoms with Crippen LogP contribution in [0.5, 0.6) is 0 Å². The molecule has 18 heavy (non-hydrogen) atoms. The van der Waals surface area contributed by atoms with E-state index in [0.29, 0.717) is 18.8 Å². The van der Waals surface area contributed by atoms with E-state index in [9.17, 15) is 4.79 Å². The second-order valence-corrected chi connectivity index (χ2v) is 6.44. The van der Waals surface area contributed by atoms with Gasteiger partial charge in [0.1, 0.15) is 10.7 Å². The van der Waals surface area contributed by atoms with Gasteiger partial charge < -0.3 is 10.6 Å². The molecule has 1 amide bonds. The number of carbonyl (C=O) groups is 1. The molecule has 0 aliphatic carbocycles. The number of thiophene rings is 1. The summed E-state index contributed by atoms with van der Waals surface area (Å²) in [7, 11) is 1.75. The number of carbonyl (C=O) groups excluding carboxylic acids is 1. The Morgan fingerprint density at radius 2 is 2.33 bits per heavy atom. The van der Waals surface area contributed by atoms with Gasteiger partial charge in [0.05, 0.1) is 10.9 Å². The van der Waals surface area contributed by atoms with Gasteiger partial charge in [0.2, 0.25) is 0 Å². The van der Waals surface area contributed by atoms with Crippen molar-refractivity contribution in [2.24, 2.45) is 5.73 Å². The maximum atomic E-state index is 12.1. The van der Waals surface area contributed by atoms with Gasteiger partial charge in [-0.2, -0.15) is 0 Å². The first kappa shape index (κ1) is 13.5. The average Bonchev–Trinajstić information content (AvgIpc) is 2.97. The highest BCUT2D eigenvalue weighted by Gasteiger charge is 2.16. The first-order valence-electron chi connectivity index (χ1n) is 5.24. The zero-order chi connectivity index (χ0) is 13.1. The lowest BCUT2D eigenvalue weighted by Crippen LogP contribution is -2.26. The summed E-state index contributed by atoms with van der Waals surface area (Å²) in [6.45, 7) is 0.897. The van der Waals surface area contributed by atoms with Gasteiger partial charge in [-0.3, -0.25) is 4.79 Å². The minimum atomic E-state index is -0.101. The topological polar surface area (TPSA) is 59.2 Å². The Bertz CT molecular complexity index is 552. The van der Waals surface area contributed by atoms with E-state index >= 15 is 0 Å². The maximum absolute atomic E-state index is 12.1. The van der Waals surface area contributed by atoms with Crippen LogP contribution in [0.1, 0.15) is 20.4 Å². The third kappa shape index (κ3) is 3.08. The van der Waals surface area contributed by atoms with Gasteiger partial charge in [0.15, 0.2) is 0 Å². The van der Waals surface area contributed by atoms with Gasteiger partial charge in [0, 0.05) is 23.8 Å². The number of thiazole rings is 1. The number of aromatic nitrogens is 1. The van der Waals surface area contributed by atoms with Crippen molar-refractivity contribution in [1.82, 2.24) is 9.88 Å². The van der Waals surface area contributed by atoms with Crippen molar-refractivity contribution in [2.75, 3.05) is 7.05 Å². The van der Waals surface area contributed by atoms with Gasteiger partial charge in [-0.25, -0.2) is 4.98 Å². The molecule has 4 nitrogen and oxygen atoms in total. The van der Waals surface area contributed by atoms with Crippen LogP contribution in [-0.2, 0) is 13.1 Å². The SMILES string of the molecule is CN(Cc1ccc(Cl)s1)C(=O)c1csc(CN)n1. The molecule has 0 unspecified atom stereocenters. The smallest absolute Gasteiger partial charge is 0.273 e. The minimum absolute atomic E-state index is 0.101. The summed E-state index contributed by atoms with van der Waals surface area (Å²) in [5.41, 5.74) is 5.93. The number of nitrogens with zero attached hydrogens (tertiary/aromatic N) is 2. The summed E-state index contributed by atoms with van der Waals surface area (Å²) >= 11 is 8.73. The van der Waals surface area contributed by atoms with Crippen LogP contribution in [-0.4, -0.2) is 22.8 Å². The van der Waals surface area contributed by atoms with E-state index in [1.807, 2.05) is 12.1 Å². The van der Waals surface area contributed by atoms with Crippen LogP contribution >= 0.6 is 34.3 Å². The molecule has 0 bridgehead atoms. The van der Waals surface area contributed by atoms with Crippen LogP contribution < -0.4 is 5.73 Å². The van der Waals surface area contributed by atoms with Crippen molar-refractivity contribution in [3.8, 4) is 0 Å². The summed E-state index contributed by atoms with van der Waals surface area (Å²) in [6, 6.07) is 3.75. The van der Waals surface area contributed by atoms with Gasteiger partial charge in [-0.1, -0.05) is 11.6 Å². The Morgan fingerprint density at radius 3 is 2.89 bits per heavy atom. The molecule has 2 aromatic heterocycles. The number of nitrogens with two attached hydrogens (primary N) is 1. The predicted molar refractivity (Wildman–Crippen MR) is 75.1 cm³/mol. The van der Waals surface area contributed by atoms with Crippen molar-refractivity contribution < 1.29 is 4.79 Å². The average molecular weight is 302 g/mol. The number of rotatable bonds is 4. The van der Waals surface area contributed by atoms with Crippen LogP contribution in [0, 0.1) is 0 Å². The second kappa shape index (κ2) is 5.79. The lowest BCUT2D eigenvalue weighted by molar-refractivity contribution is 0.0781. The number of amides is 1. The molecule has 2 rings (SSSR count). The summed E-state index contributed by atoms with van der Waals surface area (Å²) in [4.78, 5) is 18.9. The van der Waals surface area contributed by atoms with Crippen LogP contribution in [0.3, 0.4) is 0 Å². The second-order valence-electron chi connectivity index (χ2n) is 3.70. The van der Waals surface area contributed by atoms with Crippen LogP contribution in [0.4, 0.5) is 0 Å². The molecule has 0 atom stereocenters. The molecular formula is C11H12ClN3OS2. The summed E-state index contributed by atoms with van der Waals surface area (Å²) in [5, 5.41) is 2.51. The first-order valence-corrected chi connectivity index (χ1v) is 7.31. The Balaban J connectivity index is 2.04. The fraction of sp³-hybridized carbons (Fsp3) is 0.273. The van der Waals surface area contributed by atoms with Gasteiger partial charge in [-0.15, -0.1) is 22.7 Å². The molecule has 96 valence electrons. The Morgan fingerprint density at radius 1 is 1.56 bits per heavy atom. The molecular weight excluding hydrogens is 290 g/mol. The minimum Gasteiger partial charge on any atom is -0.335 e. The normalized spacial score (nSPS) is 10.6. The van der Waals surface area contributed by atoms with Crippen molar-refractivity contribution in [2.45, 2.75) is 13.1 Å². The zero-order valence-corrected chi connectivity index (χ0v) is 12.1. The molecule has 0 saturated carbocycles. The Kier molecular flexibility index (Phi) is 4.34. The lowest BCUT2D eigenvalue weighted by atomic mass is 10.4. The molecule has 0 radical (unpaired) electrons. The molecule has 2 N–H and O–H groups in total. The summed E-state index contributed by atoms with van der Waals surface area (Å²) in [6.07, 6.45) is 0. The van der Waals surface area contributed by atoms with E-state index in [0.717, 1.165) is 14.2 Å². The van der Waals surface area contributed by atoms with Gasteiger partial charge in [-0.05, 0) is 12.1 Å². The van der Waals surface area contributed by atoms with Crippen molar-refractivity contribution in [1.29, 1.82) is 0 Å². The molecule has 0 aliphatic rings. The largest absolute Gasteiger partial charge is 0.335 e. The molecule has 7 heteroatoms. The summed E-state index contributed by atoms with van der Waals surface area (Å²) in [5.74, 6) is -0.101. The van der Waals surface area contributed by atoms with E-state index in [1.54, 1.807) is 17.3 Å². The quantitative estimate of drug-likeness (QED) is 0.944. The lowest BCUT2D eigenvalue weighted by Gasteiger charge is -2.14. The van der Waals surface area contributed by atoms with Crippen molar-refractivity contribution in [3.63, 3.8) is 0 Å². The van der Waals surface area contributed by atoms with Crippen molar-refractivity contribution in [3.05, 3.63) is 37.4 Å². The van der Waals surface area contributed by atoms with Crippen LogP contribution in [0.15, 0.2) is 17.5 Å². The zero-order valence-electron chi connectivity index (χ0n) is 9.72. The number of halogens is 1. The standard InChI is InChI=1S/C11H12ClN3OS2/c1-15(5-7-2-3-9(12)18-7)11(16)8-6-17-10(4-13)14-8/h2-3,6H,4-5,13H2,1H3. The van der Waals surface area contributed by atoms with Gasteiger partial charge >= 0.3 is 0 Å². The molecule has 0 aliphatic heterocycles. The highest BCUT2D eigenvalue weighted by molar-refractivity contribution is 7.16. The highest BCUT2D eigenvalue weighted by Crippen LogP contribution is 2.23. The van der Waals surface area contributed by atoms with Gasteiger partial charge in [0.25, 0.3) is 5.91 Å². The molecule has 0 fully saturated rings. The van der Waals surface area contributed by atoms with Crippen molar-refractivity contribution >= 4 is 40.2 Å². The third-order valence-corrected chi connectivity index (χ3v) is 4.40. The molecule has 0 spiro atoms. The van der Waals surface area contributed by atoms with E-state index in [4.69, 9.17) is 17.3 Å². The maximum Gasteiger partial charge on any atom is 0.273 e. The van der Waals surface area contributed by atoms with E-state index < -0.39 is 0 Å². The monoisotopic (exact) mass is 301 g/mol. The Labute approximate surface area is 118 Å². The third-order valence-electron chi connectivity index (χ3n) is 2.31.